The number of hydrogen-bond acceptors (Lipinski definition) is 3. The number of benzene rings is 2. The molecule has 0 heterocycles. The van der Waals surface area contributed by atoms with Crippen molar-refractivity contribution in [3.8, 4) is 5.75 Å². The average molecular weight is 254 g/mol. The van der Waals surface area contributed by atoms with Gasteiger partial charge in [-0.15, -0.1) is 0 Å². The zero-order valence-electron chi connectivity index (χ0n) is 10.6. The van der Waals surface area contributed by atoms with Crippen LogP contribution in [-0.4, -0.2) is 18.0 Å². The van der Waals surface area contributed by atoms with Crippen LogP contribution in [0.3, 0.4) is 0 Å². The van der Waals surface area contributed by atoms with E-state index in [1.54, 1.807) is 13.2 Å². The standard InChI is InChI=1S/C16H14O3/c1-19-15-8-14-12(7-6-10(9-17)16(14)18)11-4-2-3-5-13(11)15/h2-5,8-9,17H,6-7H2,1H3/b10-9-. The topological polar surface area (TPSA) is 46.5 Å². The van der Waals surface area contributed by atoms with Gasteiger partial charge < -0.3 is 9.84 Å². The summed E-state index contributed by atoms with van der Waals surface area (Å²) in [4.78, 5) is 12.3. The number of ketones is 1. The number of aryl methyl sites for hydroxylation is 1. The van der Waals surface area contributed by atoms with E-state index in [1.165, 1.54) is 0 Å². The van der Waals surface area contributed by atoms with E-state index < -0.39 is 0 Å². The van der Waals surface area contributed by atoms with E-state index >= 15 is 0 Å². The summed E-state index contributed by atoms with van der Waals surface area (Å²) in [6.07, 6.45) is 2.27. The quantitative estimate of drug-likeness (QED) is 0.626. The maximum absolute atomic E-state index is 12.3. The zero-order valence-corrected chi connectivity index (χ0v) is 10.6. The number of carbonyl (C=O) groups is 1. The van der Waals surface area contributed by atoms with Gasteiger partial charge in [-0.3, -0.25) is 4.79 Å². The van der Waals surface area contributed by atoms with Crippen molar-refractivity contribution in [2.45, 2.75) is 12.8 Å². The minimum atomic E-state index is -0.104. The molecule has 0 saturated heterocycles. The molecule has 0 amide bonds. The molecule has 0 spiro atoms. The Morgan fingerprint density at radius 3 is 2.63 bits per heavy atom. The van der Waals surface area contributed by atoms with Gasteiger partial charge in [0.1, 0.15) is 5.75 Å². The Morgan fingerprint density at radius 1 is 1.21 bits per heavy atom. The molecule has 0 radical (unpaired) electrons. The molecule has 0 aliphatic heterocycles. The number of fused-ring (bicyclic) bond motifs is 3. The van der Waals surface area contributed by atoms with Crippen LogP contribution in [0.25, 0.3) is 10.8 Å². The largest absolute Gasteiger partial charge is 0.515 e. The summed E-state index contributed by atoms with van der Waals surface area (Å²) >= 11 is 0. The summed E-state index contributed by atoms with van der Waals surface area (Å²) in [6, 6.07) is 9.71. The molecule has 19 heavy (non-hydrogen) atoms. The summed E-state index contributed by atoms with van der Waals surface area (Å²) in [5.41, 5.74) is 2.15. The van der Waals surface area contributed by atoms with Gasteiger partial charge in [0.2, 0.25) is 0 Å². The summed E-state index contributed by atoms with van der Waals surface area (Å²) in [7, 11) is 1.60. The lowest BCUT2D eigenvalue weighted by molar-refractivity contribution is 0.102. The molecule has 0 bridgehead atoms. The second kappa shape index (κ2) is 4.43. The molecule has 0 aromatic heterocycles. The van der Waals surface area contributed by atoms with Crippen LogP contribution in [-0.2, 0) is 6.42 Å². The van der Waals surface area contributed by atoms with Gasteiger partial charge in [-0.05, 0) is 29.9 Å². The third kappa shape index (κ3) is 1.70. The van der Waals surface area contributed by atoms with E-state index in [-0.39, 0.29) is 5.78 Å². The molecular formula is C16H14O3. The Kier molecular flexibility index (Phi) is 2.75. The minimum absolute atomic E-state index is 0.104. The molecule has 2 aromatic carbocycles. The molecule has 1 aliphatic carbocycles. The van der Waals surface area contributed by atoms with Crippen LogP contribution in [0.1, 0.15) is 22.3 Å². The smallest absolute Gasteiger partial charge is 0.192 e. The fourth-order valence-corrected chi connectivity index (χ4v) is 2.71. The maximum atomic E-state index is 12.3. The van der Waals surface area contributed by atoms with Crippen molar-refractivity contribution in [1.29, 1.82) is 0 Å². The average Bonchev–Trinajstić information content (AvgIpc) is 2.47. The molecule has 0 fully saturated rings. The minimum Gasteiger partial charge on any atom is -0.515 e. The third-order valence-corrected chi connectivity index (χ3v) is 3.67. The van der Waals surface area contributed by atoms with Crippen LogP contribution in [0.2, 0.25) is 0 Å². The number of hydrogen-bond donors (Lipinski definition) is 1. The van der Waals surface area contributed by atoms with Crippen LogP contribution in [0.4, 0.5) is 0 Å². The number of aliphatic hydroxyl groups is 1. The normalized spacial score (nSPS) is 16.7. The van der Waals surface area contributed by atoms with Gasteiger partial charge in [0.15, 0.2) is 5.78 Å². The molecule has 2 aromatic rings. The Bertz CT molecular complexity index is 698. The Hall–Kier alpha value is -2.29. The molecule has 1 aliphatic rings. The lowest BCUT2D eigenvalue weighted by atomic mass is 9.84. The van der Waals surface area contributed by atoms with E-state index in [2.05, 4.69) is 0 Å². The highest BCUT2D eigenvalue weighted by molar-refractivity contribution is 6.14. The molecule has 3 nitrogen and oxygen atoms in total. The van der Waals surface area contributed by atoms with E-state index in [1.807, 2.05) is 24.3 Å². The first kappa shape index (κ1) is 11.8. The number of carbonyl (C=O) groups excluding carboxylic acids is 1. The summed E-state index contributed by atoms with van der Waals surface area (Å²) in [6.45, 7) is 0. The number of aliphatic hydroxyl groups excluding tert-OH is 1. The van der Waals surface area contributed by atoms with Gasteiger partial charge in [0.25, 0.3) is 0 Å². The fourth-order valence-electron chi connectivity index (χ4n) is 2.71. The van der Waals surface area contributed by atoms with Crippen LogP contribution in [0.15, 0.2) is 42.2 Å². The van der Waals surface area contributed by atoms with Crippen molar-refractivity contribution in [2.75, 3.05) is 7.11 Å². The van der Waals surface area contributed by atoms with Gasteiger partial charge in [-0.25, -0.2) is 0 Å². The van der Waals surface area contributed by atoms with Crippen LogP contribution < -0.4 is 4.74 Å². The molecule has 1 N–H and O–H groups in total. The first-order chi connectivity index (χ1) is 9.26. The van der Waals surface area contributed by atoms with E-state index in [9.17, 15) is 4.79 Å². The van der Waals surface area contributed by atoms with Crippen molar-refractivity contribution in [1.82, 2.24) is 0 Å². The van der Waals surface area contributed by atoms with Gasteiger partial charge in [-0.1, -0.05) is 24.3 Å². The lowest BCUT2D eigenvalue weighted by Crippen LogP contribution is -2.15. The van der Waals surface area contributed by atoms with Crippen molar-refractivity contribution < 1.29 is 14.6 Å². The highest BCUT2D eigenvalue weighted by Crippen LogP contribution is 2.36. The number of ether oxygens (including phenoxy) is 1. The van der Waals surface area contributed by atoms with Gasteiger partial charge >= 0.3 is 0 Å². The number of methoxy groups -OCH3 is 1. The predicted molar refractivity (Wildman–Crippen MR) is 73.9 cm³/mol. The monoisotopic (exact) mass is 254 g/mol. The van der Waals surface area contributed by atoms with Crippen molar-refractivity contribution in [3.05, 3.63) is 53.3 Å². The van der Waals surface area contributed by atoms with E-state index in [4.69, 9.17) is 9.84 Å². The second-order valence-electron chi connectivity index (χ2n) is 4.63. The van der Waals surface area contributed by atoms with Crippen LogP contribution >= 0.6 is 0 Å². The van der Waals surface area contributed by atoms with Crippen LogP contribution in [0, 0.1) is 0 Å². The SMILES string of the molecule is COc1cc2c(c3ccccc13)CC/C(=C/O)C2=O. The van der Waals surface area contributed by atoms with Gasteiger partial charge in [0, 0.05) is 16.5 Å². The second-order valence-corrected chi connectivity index (χ2v) is 4.63. The van der Waals surface area contributed by atoms with Gasteiger partial charge in [0.05, 0.1) is 13.4 Å². The molecule has 3 rings (SSSR count). The van der Waals surface area contributed by atoms with E-state index in [0.29, 0.717) is 23.3 Å². The summed E-state index contributed by atoms with van der Waals surface area (Å²) in [5, 5.41) is 11.2. The van der Waals surface area contributed by atoms with E-state index in [0.717, 1.165) is 29.0 Å². The Morgan fingerprint density at radius 2 is 1.95 bits per heavy atom. The fraction of sp³-hybridized carbons (Fsp3) is 0.188. The lowest BCUT2D eigenvalue weighted by Gasteiger charge is -2.20. The Balaban J connectivity index is 2.35. The highest BCUT2D eigenvalue weighted by atomic mass is 16.5. The zero-order chi connectivity index (χ0) is 13.4. The maximum Gasteiger partial charge on any atom is 0.192 e. The molecule has 0 atom stereocenters. The molecule has 0 unspecified atom stereocenters. The predicted octanol–water partition coefficient (Wildman–Crippen LogP) is 3.42. The first-order valence-electron chi connectivity index (χ1n) is 6.23. The number of allylic oxidation sites excluding steroid dienone is 1. The van der Waals surface area contributed by atoms with Crippen LogP contribution in [0.5, 0.6) is 5.75 Å². The van der Waals surface area contributed by atoms with Crippen molar-refractivity contribution in [3.63, 3.8) is 0 Å². The first-order valence-corrected chi connectivity index (χ1v) is 6.23. The van der Waals surface area contributed by atoms with Gasteiger partial charge in [-0.2, -0.15) is 0 Å². The highest BCUT2D eigenvalue weighted by Gasteiger charge is 2.25. The van der Waals surface area contributed by atoms with Crippen molar-refractivity contribution in [2.24, 2.45) is 0 Å². The molecule has 3 heteroatoms. The summed E-state index contributed by atoms with van der Waals surface area (Å²) in [5.74, 6) is 0.592. The van der Waals surface area contributed by atoms with Crippen molar-refractivity contribution >= 4 is 16.6 Å². The third-order valence-electron chi connectivity index (χ3n) is 3.67. The number of Topliss-reactive ketones (excluding diaryl/α,β-unsaturated/α-hetero) is 1. The summed E-state index contributed by atoms with van der Waals surface area (Å²) < 4.78 is 5.38. The molecule has 96 valence electrons. The molecule has 0 saturated carbocycles. The number of rotatable bonds is 1. The molecular weight excluding hydrogens is 240 g/mol. The Labute approximate surface area is 111 Å².